The summed E-state index contributed by atoms with van der Waals surface area (Å²) < 4.78 is 28.7. The summed E-state index contributed by atoms with van der Waals surface area (Å²) in [7, 11) is -3.41. The lowest BCUT2D eigenvalue weighted by Gasteiger charge is -2.09. The monoisotopic (exact) mass is 425 g/mol. The molecule has 1 heterocycles. The predicted molar refractivity (Wildman–Crippen MR) is 115 cm³/mol. The lowest BCUT2D eigenvalue weighted by Crippen LogP contribution is -2.11. The molecule has 0 saturated carbocycles. The molecule has 0 aliphatic rings. The van der Waals surface area contributed by atoms with Crippen LogP contribution in [0.15, 0.2) is 65.7 Å². The van der Waals surface area contributed by atoms with Crippen molar-refractivity contribution in [1.29, 1.82) is 0 Å². The molecule has 0 fully saturated rings. The maximum absolute atomic E-state index is 12.5. The van der Waals surface area contributed by atoms with Crippen LogP contribution in [0.1, 0.15) is 30.1 Å². The molecule has 3 rings (SSSR count). The van der Waals surface area contributed by atoms with Gasteiger partial charge in [-0.25, -0.2) is 8.42 Å². The Balaban J connectivity index is 1.69. The van der Waals surface area contributed by atoms with Crippen LogP contribution in [0.2, 0.25) is 0 Å². The van der Waals surface area contributed by atoms with Gasteiger partial charge in [-0.1, -0.05) is 25.5 Å². The highest BCUT2D eigenvalue weighted by Gasteiger charge is 2.11. The van der Waals surface area contributed by atoms with Gasteiger partial charge in [0, 0.05) is 23.1 Å². The van der Waals surface area contributed by atoms with Crippen LogP contribution in [0.3, 0.4) is 0 Å². The van der Waals surface area contributed by atoms with Crippen LogP contribution in [0, 0.1) is 0 Å². The molecule has 0 aliphatic heterocycles. The highest BCUT2D eigenvalue weighted by Crippen LogP contribution is 2.22. The van der Waals surface area contributed by atoms with Gasteiger partial charge in [-0.3, -0.25) is 4.79 Å². The molecule has 0 bridgehead atoms. The zero-order valence-electron chi connectivity index (χ0n) is 16.8. The molecule has 156 valence electrons. The fraction of sp³-hybridized carbons (Fsp3) is 0.227. The van der Waals surface area contributed by atoms with Gasteiger partial charge in [0.05, 0.1) is 12.3 Å². The Bertz CT molecular complexity index is 1110. The van der Waals surface area contributed by atoms with Crippen LogP contribution in [-0.2, 0) is 9.84 Å². The average Bonchev–Trinajstić information content (AvgIpc) is 2.74. The zero-order chi connectivity index (χ0) is 21.6. The Morgan fingerprint density at radius 2 is 1.80 bits per heavy atom. The molecular weight excluding hydrogens is 402 g/mol. The van der Waals surface area contributed by atoms with E-state index < -0.39 is 9.84 Å². The maximum atomic E-state index is 12.5. The van der Waals surface area contributed by atoms with Crippen molar-refractivity contribution in [3.8, 4) is 17.0 Å². The number of amides is 1. The molecule has 30 heavy (non-hydrogen) atoms. The van der Waals surface area contributed by atoms with Crippen molar-refractivity contribution in [1.82, 2.24) is 10.2 Å². The third kappa shape index (κ3) is 5.64. The first kappa shape index (κ1) is 21.4. The van der Waals surface area contributed by atoms with Crippen LogP contribution in [-0.4, -0.2) is 37.4 Å². The van der Waals surface area contributed by atoms with Crippen LogP contribution in [0.5, 0.6) is 5.75 Å². The molecule has 1 amide bonds. The summed E-state index contributed by atoms with van der Waals surface area (Å²) in [5.74, 6) is 0.490. The average molecular weight is 426 g/mol. The van der Waals surface area contributed by atoms with E-state index in [0.29, 0.717) is 29.1 Å². The van der Waals surface area contributed by atoms with Crippen LogP contribution >= 0.6 is 0 Å². The van der Waals surface area contributed by atoms with E-state index in [9.17, 15) is 13.2 Å². The first-order valence-electron chi connectivity index (χ1n) is 9.55. The number of rotatable bonds is 8. The fourth-order valence-electron chi connectivity index (χ4n) is 2.67. The van der Waals surface area contributed by atoms with Gasteiger partial charge in [-0.05, 0) is 55.0 Å². The number of carbonyl (C=O) groups is 1. The van der Waals surface area contributed by atoms with Gasteiger partial charge in [0.25, 0.3) is 5.91 Å². The third-order valence-corrected chi connectivity index (χ3v) is 5.30. The summed E-state index contributed by atoms with van der Waals surface area (Å²) in [6.45, 7) is 2.76. The first-order valence-corrected chi connectivity index (χ1v) is 11.4. The number of ether oxygens (including phenoxy) is 1. The minimum Gasteiger partial charge on any atom is -0.494 e. The molecular formula is C22H23N3O4S. The van der Waals surface area contributed by atoms with Crippen LogP contribution in [0.4, 0.5) is 5.69 Å². The maximum Gasteiger partial charge on any atom is 0.255 e. The van der Waals surface area contributed by atoms with Gasteiger partial charge in [-0.2, -0.15) is 0 Å². The quantitative estimate of drug-likeness (QED) is 0.548. The third-order valence-electron chi connectivity index (χ3n) is 4.32. The molecule has 3 aromatic rings. The predicted octanol–water partition coefficient (Wildman–Crippen LogP) is 3.98. The molecule has 2 aromatic carbocycles. The van der Waals surface area contributed by atoms with Gasteiger partial charge >= 0.3 is 0 Å². The Kier molecular flexibility index (Phi) is 6.79. The van der Waals surface area contributed by atoms with E-state index in [-0.39, 0.29) is 10.9 Å². The molecule has 0 atom stereocenters. The first-order chi connectivity index (χ1) is 14.4. The molecule has 0 radical (unpaired) electrons. The van der Waals surface area contributed by atoms with E-state index in [2.05, 4.69) is 22.4 Å². The highest BCUT2D eigenvalue weighted by molar-refractivity contribution is 7.90. The van der Waals surface area contributed by atoms with Crippen molar-refractivity contribution in [3.63, 3.8) is 0 Å². The molecule has 0 saturated heterocycles. The number of anilines is 1. The number of aromatic nitrogens is 2. The van der Waals surface area contributed by atoms with Gasteiger partial charge in [0.1, 0.15) is 5.75 Å². The lowest BCUT2D eigenvalue weighted by atomic mass is 10.1. The second-order valence-electron chi connectivity index (χ2n) is 6.79. The number of sulfone groups is 1. The lowest BCUT2D eigenvalue weighted by molar-refractivity contribution is 0.102. The normalized spacial score (nSPS) is 11.1. The van der Waals surface area contributed by atoms with Gasteiger partial charge in [0.15, 0.2) is 14.9 Å². The number of nitrogens with zero attached hydrogens (tertiary/aromatic N) is 2. The smallest absolute Gasteiger partial charge is 0.255 e. The SMILES string of the molecule is CCCCOc1ccc(C(=O)Nc2cccc(-c3ccc(S(C)(=O)=O)nn3)c2)cc1. The van der Waals surface area contributed by atoms with Crippen LogP contribution < -0.4 is 10.1 Å². The standard InChI is InChI=1S/C22H23N3O4S/c1-3-4-14-29-19-10-8-16(9-11-19)22(26)23-18-7-5-6-17(15-18)20-12-13-21(25-24-20)30(2,27)28/h5-13,15H,3-4,14H2,1-2H3,(H,23,26). The second-order valence-corrected chi connectivity index (χ2v) is 8.75. The molecule has 7 nitrogen and oxygen atoms in total. The van der Waals surface area contributed by atoms with E-state index in [1.165, 1.54) is 6.07 Å². The summed E-state index contributed by atoms with van der Waals surface area (Å²) in [5, 5.41) is 10.5. The Hall–Kier alpha value is -3.26. The summed E-state index contributed by atoms with van der Waals surface area (Å²) in [5.41, 5.74) is 2.32. The number of carbonyl (C=O) groups excluding carboxylic acids is 1. The Labute approximate surface area is 176 Å². The van der Waals surface area contributed by atoms with Crippen molar-refractivity contribution in [2.45, 2.75) is 24.8 Å². The summed E-state index contributed by atoms with van der Waals surface area (Å²) >= 11 is 0. The van der Waals surface area contributed by atoms with Gasteiger partial charge < -0.3 is 10.1 Å². The Morgan fingerprint density at radius 3 is 2.43 bits per heavy atom. The van der Waals surface area contributed by atoms with E-state index in [0.717, 1.165) is 24.8 Å². The molecule has 1 N–H and O–H groups in total. The minimum absolute atomic E-state index is 0.0853. The molecule has 0 aliphatic carbocycles. The minimum atomic E-state index is -3.41. The molecule has 8 heteroatoms. The summed E-state index contributed by atoms with van der Waals surface area (Å²) in [4.78, 5) is 12.5. The van der Waals surface area contributed by atoms with E-state index in [4.69, 9.17) is 4.74 Å². The number of benzene rings is 2. The van der Waals surface area contributed by atoms with Crippen molar-refractivity contribution in [3.05, 3.63) is 66.2 Å². The summed E-state index contributed by atoms with van der Waals surface area (Å²) in [6, 6.07) is 17.1. The molecule has 0 spiro atoms. The van der Waals surface area contributed by atoms with Gasteiger partial charge in [0.2, 0.25) is 0 Å². The molecule has 1 aromatic heterocycles. The summed E-state index contributed by atoms with van der Waals surface area (Å²) in [6.07, 6.45) is 3.13. The Morgan fingerprint density at radius 1 is 1.03 bits per heavy atom. The fourth-order valence-corrected chi connectivity index (χ4v) is 3.17. The van der Waals surface area contributed by atoms with Crippen molar-refractivity contribution in [2.75, 3.05) is 18.2 Å². The topological polar surface area (TPSA) is 98.2 Å². The number of nitrogens with one attached hydrogen (secondary N) is 1. The molecule has 0 unspecified atom stereocenters. The van der Waals surface area contributed by atoms with E-state index in [1.54, 1.807) is 48.5 Å². The van der Waals surface area contributed by atoms with E-state index in [1.807, 2.05) is 6.07 Å². The zero-order valence-corrected chi connectivity index (χ0v) is 17.6. The largest absolute Gasteiger partial charge is 0.494 e. The van der Waals surface area contributed by atoms with Gasteiger partial charge in [-0.15, -0.1) is 10.2 Å². The van der Waals surface area contributed by atoms with Crippen molar-refractivity contribution < 1.29 is 17.9 Å². The second kappa shape index (κ2) is 9.49. The van der Waals surface area contributed by atoms with Crippen molar-refractivity contribution in [2.24, 2.45) is 0 Å². The van der Waals surface area contributed by atoms with Crippen molar-refractivity contribution >= 4 is 21.4 Å². The number of hydrogen-bond donors (Lipinski definition) is 1. The highest BCUT2D eigenvalue weighted by atomic mass is 32.2. The number of hydrogen-bond acceptors (Lipinski definition) is 6. The van der Waals surface area contributed by atoms with E-state index >= 15 is 0 Å². The number of unbranched alkanes of at least 4 members (excludes halogenated alkanes) is 1. The van der Waals surface area contributed by atoms with Crippen LogP contribution in [0.25, 0.3) is 11.3 Å².